The minimum absolute atomic E-state index is 0.102. The van der Waals surface area contributed by atoms with Gasteiger partial charge in [-0.25, -0.2) is 0 Å². The molecule has 0 aliphatic heterocycles. The number of hydrogen-bond acceptors (Lipinski definition) is 3. The van der Waals surface area contributed by atoms with E-state index in [9.17, 15) is 4.79 Å². The van der Waals surface area contributed by atoms with Crippen LogP contribution in [0.5, 0.6) is 0 Å². The lowest BCUT2D eigenvalue weighted by molar-refractivity contribution is -0.144. The average Bonchev–Trinajstić information content (AvgIpc) is 2.68. The van der Waals surface area contributed by atoms with Crippen molar-refractivity contribution in [2.75, 3.05) is 7.11 Å². The van der Waals surface area contributed by atoms with Crippen LogP contribution in [-0.2, 0) is 14.0 Å². The Labute approximate surface area is 205 Å². The van der Waals surface area contributed by atoms with Gasteiger partial charge in [0.1, 0.15) is 0 Å². The summed E-state index contributed by atoms with van der Waals surface area (Å²) in [7, 11) is -0.390. The normalized spacial score (nSPS) is 32.8. The van der Waals surface area contributed by atoms with Gasteiger partial charge in [-0.05, 0) is 99.6 Å². The van der Waals surface area contributed by atoms with Gasteiger partial charge in [-0.15, -0.1) is 0 Å². The van der Waals surface area contributed by atoms with Crippen LogP contribution >= 0.6 is 0 Å². The number of methoxy groups -OCH3 is 1. The van der Waals surface area contributed by atoms with Gasteiger partial charge in [0.15, 0.2) is 8.32 Å². The summed E-state index contributed by atoms with van der Waals surface area (Å²) >= 11 is 0. The summed E-state index contributed by atoms with van der Waals surface area (Å²) < 4.78 is 12.2. The average molecular weight is 477 g/mol. The second kappa shape index (κ2) is 10.4. The lowest BCUT2D eigenvalue weighted by Gasteiger charge is -2.62. The zero-order chi connectivity index (χ0) is 25.2. The van der Waals surface area contributed by atoms with Crippen LogP contribution in [0.15, 0.2) is 23.8 Å². The molecule has 5 atom stereocenters. The predicted octanol–water partition coefficient (Wildman–Crippen LogP) is 8.47. The molecular formula is C29H52O3Si. The van der Waals surface area contributed by atoms with Crippen molar-refractivity contribution in [2.24, 2.45) is 22.7 Å². The van der Waals surface area contributed by atoms with Crippen molar-refractivity contribution in [1.82, 2.24) is 0 Å². The van der Waals surface area contributed by atoms with E-state index in [1.807, 2.05) is 0 Å². The first-order valence-corrected chi connectivity index (χ1v) is 16.0. The first-order chi connectivity index (χ1) is 15.1. The first kappa shape index (κ1) is 28.4. The molecule has 0 heterocycles. The van der Waals surface area contributed by atoms with E-state index < -0.39 is 8.32 Å². The number of hydrogen-bond donors (Lipinski definition) is 0. The first-order valence-electron chi connectivity index (χ1n) is 13.1. The van der Waals surface area contributed by atoms with Crippen molar-refractivity contribution in [3.8, 4) is 0 Å². The lowest BCUT2D eigenvalue weighted by Crippen LogP contribution is -2.59. The number of ether oxygens (including phenoxy) is 1. The van der Waals surface area contributed by atoms with E-state index >= 15 is 0 Å². The Hall–Kier alpha value is -0.873. The highest BCUT2D eigenvalue weighted by Crippen LogP contribution is 2.64. The third-order valence-corrected chi connectivity index (χ3v) is 14.1. The second-order valence-corrected chi connectivity index (χ2v) is 17.9. The van der Waals surface area contributed by atoms with Crippen LogP contribution in [0, 0.1) is 22.7 Å². The van der Waals surface area contributed by atoms with Crippen molar-refractivity contribution in [2.45, 2.75) is 124 Å². The minimum Gasteiger partial charge on any atom is -0.469 e. The highest BCUT2D eigenvalue weighted by Gasteiger charge is 2.59. The van der Waals surface area contributed by atoms with E-state index in [0.29, 0.717) is 24.4 Å². The van der Waals surface area contributed by atoms with Crippen molar-refractivity contribution < 1.29 is 14.0 Å². The Morgan fingerprint density at radius 2 is 1.85 bits per heavy atom. The highest BCUT2D eigenvalue weighted by atomic mass is 28.4. The number of carbonyl (C=O) groups excluding carboxylic acids is 1. The summed E-state index contributed by atoms with van der Waals surface area (Å²) in [5.74, 6) is 0.856. The van der Waals surface area contributed by atoms with Gasteiger partial charge in [-0.3, -0.25) is 4.79 Å². The number of fused-ring (bicyclic) bond motifs is 1. The van der Waals surface area contributed by atoms with Crippen LogP contribution in [-0.4, -0.2) is 27.5 Å². The van der Waals surface area contributed by atoms with Crippen molar-refractivity contribution in [3.63, 3.8) is 0 Å². The number of esters is 1. The van der Waals surface area contributed by atoms with E-state index in [0.717, 1.165) is 38.5 Å². The maximum atomic E-state index is 12.0. The summed E-state index contributed by atoms with van der Waals surface area (Å²) in [6.07, 6.45) is 10.8. The van der Waals surface area contributed by atoms with Crippen molar-refractivity contribution in [1.29, 1.82) is 0 Å². The topological polar surface area (TPSA) is 35.5 Å². The quantitative estimate of drug-likeness (QED) is 0.200. The molecule has 2 rings (SSSR count). The Kier molecular flexibility index (Phi) is 8.94. The maximum Gasteiger partial charge on any atom is 0.305 e. The fourth-order valence-electron chi connectivity index (χ4n) is 6.60. The zero-order valence-corrected chi connectivity index (χ0v) is 24.4. The molecule has 33 heavy (non-hydrogen) atoms. The maximum absolute atomic E-state index is 12.0. The largest absolute Gasteiger partial charge is 0.469 e. The minimum atomic E-state index is -1.88. The summed E-state index contributed by atoms with van der Waals surface area (Å²) in [5.41, 5.74) is 3.02. The molecule has 190 valence electrons. The molecule has 3 nitrogen and oxygen atoms in total. The molecule has 0 N–H and O–H groups in total. The van der Waals surface area contributed by atoms with Crippen molar-refractivity contribution >= 4 is 14.3 Å². The third kappa shape index (κ3) is 6.04. The van der Waals surface area contributed by atoms with E-state index in [-0.39, 0.29) is 21.8 Å². The number of carbonyl (C=O) groups is 1. The molecule has 0 saturated heterocycles. The van der Waals surface area contributed by atoms with E-state index in [1.54, 1.807) is 0 Å². The van der Waals surface area contributed by atoms with Gasteiger partial charge >= 0.3 is 5.97 Å². The molecule has 0 bridgehead atoms. The van der Waals surface area contributed by atoms with Crippen molar-refractivity contribution in [3.05, 3.63) is 23.8 Å². The van der Waals surface area contributed by atoms with Gasteiger partial charge < -0.3 is 9.16 Å². The SMILES string of the molecule is C=C1CC[C@H]2[C@](C)(CCC=C(C)C)[C@@H](O[Si](C)(C)C(C)(C)C)CC[C@]2(C)[C@@H]1CCC(=O)OC. The third-order valence-electron chi connectivity index (χ3n) is 9.66. The van der Waals surface area contributed by atoms with Gasteiger partial charge in [0, 0.05) is 6.42 Å². The molecule has 2 fully saturated rings. The van der Waals surface area contributed by atoms with Crippen LogP contribution in [0.25, 0.3) is 0 Å². The van der Waals surface area contributed by atoms with E-state index in [4.69, 9.17) is 9.16 Å². The van der Waals surface area contributed by atoms with Crippen LogP contribution < -0.4 is 0 Å². The van der Waals surface area contributed by atoms with Gasteiger partial charge in [-0.1, -0.05) is 58.4 Å². The van der Waals surface area contributed by atoms with Gasteiger partial charge in [-0.2, -0.15) is 0 Å². The monoisotopic (exact) mass is 476 g/mol. The molecule has 0 aromatic carbocycles. The number of rotatable bonds is 8. The summed E-state index contributed by atoms with van der Waals surface area (Å²) in [5, 5.41) is 0.207. The fourth-order valence-corrected chi connectivity index (χ4v) is 8.05. The molecule has 0 unspecified atom stereocenters. The van der Waals surface area contributed by atoms with Gasteiger partial charge in [0.2, 0.25) is 0 Å². The van der Waals surface area contributed by atoms with E-state index in [2.05, 4.69) is 74.2 Å². The molecule has 0 radical (unpaired) electrons. The van der Waals surface area contributed by atoms with E-state index in [1.165, 1.54) is 24.7 Å². The smallest absolute Gasteiger partial charge is 0.305 e. The molecule has 2 aliphatic carbocycles. The molecule has 0 aromatic heterocycles. The Bertz CT molecular complexity index is 742. The molecule has 2 aliphatic rings. The molecule has 4 heteroatoms. The second-order valence-electron chi connectivity index (χ2n) is 13.2. The predicted molar refractivity (Wildman–Crippen MR) is 143 cm³/mol. The Morgan fingerprint density at radius 1 is 1.21 bits per heavy atom. The Balaban J connectivity index is 2.42. The highest BCUT2D eigenvalue weighted by molar-refractivity contribution is 6.74. The summed E-state index contributed by atoms with van der Waals surface area (Å²) in [6.45, 7) is 25.8. The van der Waals surface area contributed by atoms with Gasteiger partial charge in [0.25, 0.3) is 0 Å². The lowest BCUT2D eigenvalue weighted by atomic mass is 9.45. The zero-order valence-electron chi connectivity index (χ0n) is 23.4. The van der Waals surface area contributed by atoms with Gasteiger partial charge in [0.05, 0.1) is 13.2 Å². The fraction of sp³-hybridized carbons (Fsp3) is 0.828. The molecule has 0 amide bonds. The van der Waals surface area contributed by atoms with Crippen LogP contribution in [0.2, 0.25) is 18.1 Å². The van der Waals surface area contributed by atoms with Crippen LogP contribution in [0.3, 0.4) is 0 Å². The molecule has 0 spiro atoms. The number of allylic oxidation sites excluding steroid dienone is 3. The summed E-state index contributed by atoms with van der Waals surface area (Å²) in [6, 6.07) is 0. The molecule has 0 aromatic rings. The van der Waals surface area contributed by atoms with Crippen LogP contribution in [0.4, 0.5) is 0 Å². The molecular weight excluding hydrogens is 424 g/mol. The standard InChI is InChI=1S/C29H52O3Si/c1-21(2)13-12-19-29(8)24-16-14-22(3)23(15-17-26(30)31-9)28(24,7)20-18-25(29)32-33(10,11)27(4,5)6/h13,23-25H,3,12,14-20H2,1-2,4-11H3/t23-,24-,25+,28-,29+/m1/s1. The Morgan fingerprint density at radius 3 is 2.39 bits per heavy atom. The van der Waals surface area contributed by atoms with Crippen LogP contribution in [0.1, 0.15) is 99.8 Å². The molecule has 2 saturated carbocycles. The summed E-state index contributed by atoms with van der Waals surface area (Å²) in [4.78, 5) is 12.0.